The van der Waals surface area contributed by atoms with Crippen LogP contribution in [0.25, 0.3) is 11.3 Å². The minimum atomic E-state index is -1.02. The molecule has 0 spiro atoms. The second kappa shape index (κ2) is 8.23. The lowest BCUT2D eigenvalue weighted by molar-refractivity contribution is 0.0923. The molecule has 0 aliphatic heterocycles. The minimum Gasteiger partial charge on any atom is -0.438 e. The monoisotopic (exact) mass is 374 g/mol. The summed E-state index contributed by atoms with van der Waals surface area (Å²) in [6, 6.07) is 13.7. The van der Waals surface area contributed by atoms with Gasteiger partial charge in [0.1, 0.15) is 23.6 Å². The summed E-state index contributed by atoms with van der Waals surface area (Å²) in [6.07, 6.45) is 0.357. The largest absolute Gasteiger partial charge is 0.438 e. The molecule has 2 aromatic heterocycles. The van der Waals surface area contributed by atoms with Crippen molar-refractivity contribution in [3.63, 3.8) is 0 Å². The Bertz CT molecular complexity index is 890. The zero-order chi connectivity index (χ0) is 18.5. The Hall–Kier alpha value is -2.54. The molecule has 0 amide bonds. The molecule has 1 unspecified atom stereocenters. The van der Waals surface area contributed by atoms with E-state index >= 15 is 0 Å². The number of ether oxygens (including phenoxy) is 1. The molecule has 26 heavy (non-hydrogen) atoms. The highest BCUT2D eigenvalue weighted by Gasteiger charge is 2.10. The predicted octanol–water partition coefficient (Wildman–Crippen LogP) is 4.08. The first-order chi connectivity index (χ1) is 12.6. The standard InChI is InChI=1S/C19H16ClFN2O3/c20-15-8-12(9-21)10-22-19(15)26-14-6-4-13(5-7-14)16-2-1-3-17(23-16)18(25)11-24/h1-8,10,18,24-25H,9,11H2. The second-order valence-corrected chi connectivity index (χ2v) is 5.94. The summed E-state index contributed by atoms with van der Waals surface area (Å²) in [7, 11) is 0. The zero-order valence-electron chi connectivity index (χ0n) is 13.6. The van der Waals surface area contributed by atoms with E-state index in [1.54, 1.807) is 42.5 Å². The molecule has 1 atom stereocenters. The molecule has 0 aliphatic carbocycles. The molecule has 3 rings (SSSR count). The maximum atomic E-state index is 12.6. The van der Waals surface area contributed by atoms with Gasteiger partial charge in [0.2, 0.25) is 5.88 Å². The van der Waals surface area contributed by atoms with E-state index in [0.717, 1.165) is 5.56 Å². The molecule has 0 fully saturated rings. The van der Waals surface area contributed by atoms with Gasteiger partial charge in [-0.05, 0) is 42.5 Å². The number of rotatable bonds is 6. The number of hydrogen-bond acceptors (Lipinski definition) is 5. The number of alkyl halides is 1. The van der Waals surface area contributed by atoms with Gasteiger partial charge in [-0.2, -0.15) is 0 Å². The minimum absolute atomic E-state index is 0.197. The van der Waals surface area contributed by atoms with Crippen LogP contribution in [0, 0.1) is 0 Å². The highest BCUT2D eigenvalue weighted by atomic mass is 35.5. The first-order valence-corrected chi connectivity index (χ1v) is 8.23. The number of hydrogen-bond donors (Lipinski definition) is 2. The molecule has 7 heteroatoms. The van der Waals surface area contributed by atoms with E-state index in [1.807, 2.05) is 0 Å². The fourth-order valence-corrected chi connectivity index (χ4v) is 2.54. The summed E-state index contributed by atoms with van der Waals surface area (Å²) in [6.45, 7) is -1.03. The van der Waals surface area contributed by atoms with E-state index in [9.17, 15) is 9.50 Å². The molecular formula is C19H16ClFN2O3. The first kappa shape index (κ1) is 18.3. The third-order valence-electron chi connectivity index (χ3n) is 3.67. The molecule has 1 aromatic carbocycles. The van der Waals surface area contributed by atoms with Crippen LogP contribution in [-0.4, -0.2) is 26.8 Å². The molecule has 0 saturated heterocycles. The van der Waals surface area contributed by atoms with Crippen LogP contribution in [0.15, 0.2) is 54.7 Å². The van der Waals surface area contributed by atoms with Crippen LogP contribution in [0.2, 0.25) is 5.02 Å². The van der Waals surface area contributed by atoms with E-state index in [2.05, 4.69) is 9.97 Å². The number of benzene rings is 1. The lowest BCUT2D eigenvalue weighted by Gasteiger charge is -2.10. The van der Waals surface area contributed by atoms with Gasteiger partial charge in [0.05, 0.1) is 18.0 Å². The average Bonchev–Trinajstić information content (AvgIpc) is 2.69. The first-order valence-electron chi connectivity index (χ1n) is 7.85. The summed E-state index contributed by atoms with van der Waals surface area (Å²) in [5, 5.41) is 19.0. The molecule has 134 valence electrons. The maximum absolute atomic E-state index is 12.6. The molecule has 0 radical (unpaired) electrons. The van der Waals surface area contributed by atoms with E-state index in [1.165, 1.54) is 12.3 Å². The van der Waals surface area contributed by atoms with Crippen LogP contribution >= 0.6 is 11.6 Å². The van der Waals surface area contributed by atoms with E-state index in [4.69, 9.17) is 21.4 Å². The van der Waals surface area contributed by atoms with Gasteiger partial charge in [-0.15, -0.1) is 0 Å². The van der Waals surface area contributed by atoms with Crippen molar-refractivity contribution in [2.45, 2.75) is 12.8 Å². The molecule has 0 aliphatic rings. The van der Waals surface area contributed by atoms with E-state index < -0.39 is 19.4 Å². The zero-order valence-corrected chi connectivity index (χ0v) is 14.4. The van der Waals surface area contributed by atoms with Gasteiger partial charge >= 0.3 is 0 Å². The summed E-state index contributed by atoms with van der Waals surface area (Å²) in [5.41, 5.74) is 2.25. The average molecular weight is 375 g/mol. The number of pyridine rings is 2. The number of aliphatic hydroxyl groups is 2. The van der Waals surface area contributed by atoms with Gasteiger partial charge in [0, 0.05) is 17.3 Å². The number of aliphatic hydroxyl groups excluding tert-OH is 2. The lowest BCUT2D eigenvalue weighted by atomic mass is 10.1. The molecule has 2 N–H and O–H groups in total. The van der Waals surface area contributed by atoms with Crippen LogP contribution in [0.5, 0.6) is 11.6 Å². The van der Waals surface area contributed by atoms with Crippen LogP contribution in [0.3, 0.4) is 0 Å². The van der Waals surface area contributed by atoms with Gasteiger partial charge in [0.25, 0.3) is 0 Å². The quantitative estimate of drug-likeness (QED) is 0.679. The van der Waals surface area contributed by atoms with Crippen molar-refractivity contribution in [1.82, 2.24) is 9.97 Å². The van der Waals surface area contributed by atoms with Gasteiger partial charge in [-0.25, -0.2) is 14.4 Å². The molecule has 0 saturated carbocycles. The van der Waals surface area contributed by atoms with Crippen molar-refractivity contribution in [3.05, 3.63) is 71.0 Å². The van der Waals surface area contributed by atoms with Gasteiger partial charge in [0.15, 0.2) is 0 Å². The highest BCUT2D eigenvalue weighted by molar-refractivity contribution is 6.31. The Balaban J connectivity index is 1.79. The molecule has 3 aromatic rings. The van der Waals surface area contributed by atoms with Crippen LogP contribution in [-0.2, 0) is 6.67 Å². The van der Waals surface area contributed by atoms with Crippen molar-refractivity contribution in [1.29, 1.82) is 0 Å². The Kier molecular flexibility index (Phi) is 5.78. The summed E-state index contributed by atoms with van der Waals surface area (Å²) in [4.78, 5) is 8.35. The van der Waals surface area contributed by atoms with Crippen LogP contribution in [0.4, 0.5) is 4.39 Å². The van der Waals surface area contributed by atoms with Crippen LogP contribution < -0.4 is 4.74 Å². The van der Waals surface area contributed by atoms with Crippen molar-refractivity contribution >= 4 is 11.6 Å². The van der Waals surface area contributed by atoms with Crippen molar-refractivity contribution < 1.29 is 19.3 Å². The fraction of sp³-hybridized carbons (Fsp3) is 0.158. The summed E-state index contributed by atoms with van der Waals surface area (Å²) < 4.78 is 18.2. The Morgan fingerprint density at radius 2 is 1.92 bits per heavy atom. The third kappa shape index (κ3) is 4.16. The molecule has 0 bridgehead atoms. The normalized spacial score (nSPS) is 12.0. The fourth-order valence-electron chi connectivity index (χ4n) is 2.31. The predicted molar refractivity (Wildman–Crippen MR) is 95.9 cm³/mol. The summed E-state index contributed by atoms with van der Waals surface area (Å²) >= 11 is 6.04. The topological polar surface area (TPSA) is 75.5 Å². The second-order valence-electron chi connectivity index (χ2n) is 5.54. The maximum Gasteiger partial charge on any atom is 0.238 e. The molecular weight excluding hydrogens is 359 g/mol. The Morgan fingerprint density at radius 1 is 1.15 bits per heavy atom. The number of aromatic nitrogens is 2. The van der Waals surface area contributed by atoms with Gasteiger partial charge in [-0.1, -0.05) is 17.7 Å². The number of nitrogens with zero attached hydrogens (tertiary/aromatic N) is 2. The third-order valence-corrected chi connectivity index (χ3v) is 3.94. The van der Waals surface area contributed by atoms with Crippen molar-refractivity contribution in [3.8, 4) is 22.9 Å². The number of halogens is 2. The summed E-state index contributed by atoms with van der Waals surface area (Å²) in [5.74, 6) is 0.713. The van der Waals surface area contributed by atoms with Gasteiger partial charge < -0.3 is 14.9 Å². The highest BCUT2D eigenvalue weighted by Crippen LogP contribution is 2.29. The van der Waals surface area contributed by atoms with Gasteiger partial charge in [-0.3, -0.25) is 0 Å². The molecule has 5 nitrogen and oxygen atoms in total. The van der Waals surface area contributed by atoms with Crippen molar-refractivity contribution in [2.75, 3.05) is 6.61 Å². The lowest BCUT2D eigenvalue weighted by Crippen LogP contribution is -2.05. The van der Waals surface area contributed by atoms with E-state index in [-0.39, 0.29) is 10.9 Å². The Labute approximate surface area is 154 Å². The van der Waals surface area contributed by atoms with Crippen LogP contribution in [0.1, 0.15) is 17.4 Å². The Morgan fingerprint density at radius 3 is 2.58 bits per heavy atom. The van der Waals surface area contributed by atoms with E-state index in [0.29, 0.717) is 22.7 Å². The SMILES string of the molecule is OCC(O)c1cccc(-c2ccc(Oc3ncc(CF)cc3Cl)cc2)n1. The van der Waals surface area contributed by atoms with Crippen molar-refractivity contribution in [2.24, 2.45) is 0 Å². The molecule has 2 heterocycles. The smallest absolute Gasteiger partial charge is 0.238 e.